The van der Waals surface area contributed by atoms with Crippen molar-refractivity contribution < 1.29 is 4.92 Å². The molecule has 0 aliphatic heterocycles. The molecule has 1 aromatic carbocycles. The van der Waals surface area contributed by atoms with Crippen LogP contribution in [0.2, 0.25) is 0 Å². The Morgan fingerprint density at radius 2 is 2.05 bits per heavy atom. The smallest absolute Gasteiger partial charge is 0.291 e. The van der Waals surface area contributed by atoms with E-state index in [-0.39, 0.29) is 10.8 Å². The van der Waals surface area contributed by atoms with Crippen LogP contribution in [0, 0.1) is 10.1 Å². The number of nitrogens with zero attached hydrogens (tertiary/aromatic N) is 4. The van der Waals surface area contributed by atoms with E-state index in [2.05, 4.69) is 10.2 Å². The van der Waals surface area contributed by atoms with Crippen LogP contribution in [0.3, 0.4) is 0 Å². The number of rotatable bonds is 4. The summed E-state index contributed by atoms with van der Waals surface area (Å²) in [4.78, 5) is 21.3. The van der Waals surface area contributed by atoms with Gasteiger partial charge in [-0.15, -0.1) is 5.10 Å². The average Bonchev–Trinajstić information content (AvgIpc) is 2.41. The highest BCUT2D eigenvalue weighted by atomic mass is 32.2. The summed E-state index contributed by atoms with van der Waals surface area (Å²) in [6.07, 6.45) is 1.02. The Labute approximate surface area is 111 Å². The topological polar surface area (TPSA) is 117 Å². The summed E-state index contributed by atoms with van der Waals surface area (Å²) in [5.41, 5.74) is 0.443. The standard InChI is InChI=1S/C10H9N5O3S/c11-14-9(16)5-12-13-10(14)19-6-7-1-3-8(4-2-7)15(17)18/h1-5H,6,11H2. The molecule has 2 N–H and O–H groups in total. The maximum absolute atomic E-state index is 11.2. The number of nitrogens with two attached hydrogens (primary N) is 1. The number of nitrogen functional groups attached to an aromatic ring is 1. The third kappa shape index (κ3) is 3.07. The molecule has 2 rings (SSSR count). The molecule has 0 aliphatic carbocycles. The largest absolute Gasteiger partial charge is 0.334 e. The molecule has 98 valence electrons. The number of aromatic nitrogens is 3. The minimum atomic E-state index is -0.461. The van der Waals surface area contributed by atoms with Gasteiger partial charge in [-0.2, -0.15) is 9.77 Å². The lowest BCUT2D eigenvalue weighted by atomic mass is 10.2. The van der Waals surface area contributed by atoms with Crippen molar-refractivity contribution in [3.63, 3.8) is 0 Å². The van der Waals surface area contributed by atoms with Gasteiger partial charge in [0, 0.05) is 17.9 Å². The van der Waals surface area contributed by atoms with Gasteiger partial charge in [0.1, 0.15) is 6.20 Å². The number of nitro groups is 1. The van der Waals surface area contributed by atoms with Crippen molar-refractivity contribution in [1.29, 1.82) is 0 Å². The zero-order chi connectivity index (χ0) is 13.8. The summed E-state index contributed by atoms with van der Waals surface area (Å²) < 4.78 is 0.906. The zero-order valence-electron chi connectivity index (χ0n) is 9.59. The second-order valence-corrected chi connectivity index (χ2v) is 4.49. The first-order valence-corrected chi connectivity index (χ1v) is 6.12. The maximum Gasteiger partial charge on any atom is 0.291 e. The molecular weight excluding hydrogens is 270 g/mol. The zero-order valence-corrected chi connectivity index (χ0v) is 10.4. The molecule has 0 bridgehead atoms. The molecule has 1 heterocycles. The molecule has 0 amide bonds. The molecule has 19 heavy (non-hydrogen) atoms. The van der Waals surface area contributed by atoms with Crippen LogP contribution < -0.4 is 11.4 Å². The third-order valence-electron chi connectivity index (χ3n) is 2.27. The summed E-state index contributed by atoms with van der Waals surface area (Å²) in [5, 5.41) is 18.0. The van der Waals surface area contributed by atoms with Crippen molar-refractivity contribution in [2.75, 3.05) is 5.84 Å². The number of benzene rings is 1. The molecule has 0 spiro atoms. The average molecular weight is 279 g/mol. The second-order valence-electron chi connectivity index (χ2n) is 3.55. The fourth-order valence-electron chi connectivity index (χ4n) is 1.29. The van der Waals surface area contributed by atoms with E-state index in [1.54, 1.807) is 12.1 Å². The molecule has 0 radical (unpaired) electrons. The number of non-ortho nitro benzene ring substituents is 1. The van der Waals surface area contributed by atoms with Crippen molar-refractivity contribution in [3.05, 3.63) is 56.5 Å². The summed E-state index contributed by atoms with van der Waals surface area (Å²) in [7, 11) is 0. The minimum absolute atomic E-state index is 0.0315. The van der Waals surface area contributed by atoms with Crippen LogP contribution in [-0.4, -0.2) is 19.8 Å². The Bertz CT molecular complexity index is 655. The van der Waals surface area contributed by atoms with Gasteiger partial charge in [-0.3, -0.25) is 14.9 Å². The van der Waals surface area contributed by atoms with Gasteiger partial charge in [0.2, 0.25) is 5.16 Å². The van der Waals surface area contributed by atoms with Gasteiger partial charge in [0.25, 0.3) is 11.2 Å². The van der Waals surface area contributed by atoms with E-state index in [1.807, 2.05) is 0 Å². The SMILES string of the molecule is Nn1c(SCc2ccc([N+](=O)[O-])cc2)nncc1=O. The maximum atomic E-state index is 11.2. The van der Waals surface area contributed by atoms with Gasteiger partial charge in [-0.1, -0.05) is 23.9 Å². The van der Waals surface area contributed by atoms with Crippen molar-refractivity contribution in [3.8, 4) is 0 Å². The number of hydrogen-bond donors (Lipinski definition) is 1. The van der Waals surface area contributed by atoms with E-state index in [0.717, 1.165) is 16.4 Å². The summed E-state index contributed by atoms with van der Waals surface area (Å²) in [6.45, 7) is 0. The fraction of sp³-hybridized carbons (Fsp3) is 0.100. The molecule has 0 saturated heterocycles. The Morgan fingerprint density at radius 1 is 1.37 bits per heavy atom. The van der Waals surface area contributed by atoms with Crippen LogP contribution in [0.1, 0.15) is 5.56 Å². The third-order valence-corrected chi connectivity index (χ3v) is 3.28. The highest BCUT2D eigenvalue weighted by Crippen LogP contribution is 2.20. The van der Waals surface area contributed by atoms with E-state index < -0.39 is 10.5 Å². The first-order chi connectivity index (χ1) is 9.08. The van der Waals surface area contributed by atoms with Crippen LogP contribution in [0.15, 0.2) is 40.4 Å². The van der Waals surface area contributed by atoms with Crippen LogP contribution in [0.5, 0.6) is 0 Å². The second kappa shape index (κ2) is 5.48. The predicted molar refractivity (Wildman–Crippen MR) is 69.1 cm³/mol. The van der Waals surface area contributed by atoms with Crippen LogP contribution >= 0.6 is 11.8 Å². The van der Waals surface area contributed by atoms with E-state index in [0.29, 0.717) is 5.75 Å². The quantitative estimate of drug-likeness (QED) is 0.376. The van der Waals surface area contributed by atoms with Gasteiger partial charge in [0.05, 0.1) is 4.92 Å². The lowest BCUT2D eigenvalue weighted by Crippen LogP contribution is -2.29. The Hall–Kier alpha value is -2.42. The van der Waals surface area contributed by atoms with Gasteiger partial charge in [-0.05, 0) is 5.56 Å². The van der Waals surface area contributed by atoms with Gasteiger partial charge in [-0.25, -0.2) is 0 Å². The van der Waals surface area contributed by atoms with E-state index in [4.69, 9.17) is 5.84 Å². The number of hydrogen-bond acceptors (Lipinski definition) is 7. The van der Waals surface area contributed by atoms with Crippen molar-refractivity contribution >= 4 is 17.4 Å². The fourth-order valence-corrected chi connectivity index (χ4v) is 2.11. The van der Waals surface area contributed by atoms with Crippen LogP contribution in [-0.2, 0) is 5.75 Å². The molecule has 2 aromatic rings. The highest BCUT2D eigenvalue weighted by molar-refractivity contribution is 7.98. The monoisotopic (exact) mass is 279 g/mol. The Kier molecular flexibility index (Phi) is 3.76. The minimum Gasteiger partial charge on any atom is -0.334 e. The molecular formula is C10H9N5O3S. The Morgan fingerprint density at radius 3 is 2.68 bits per heavy atom. The van der Waals surface area contributed by atoms with Crippen LogP contribution in [0.25, 0.3) is 0 Å². The van der Waals surface area contributed by atoms with E-state index in [9.17, 15) is 14.9 Å². The molecule has 0 aliphatic rings. The summed E-state index contributed by atoms with van der Waals surface area (Å²) in [5.74, 6) is 5.98. The van der Waals surface area contributed by atoms with E-state index in [1.165, 1.54) is 23.9 Å². The molecule has 8 nitrogen and oxygen atoms in total. The molecule has 9 heteroatoms. The van der Waals surface area contributed by atoms with Gasteiger partial charge < -0.3 is 5.84 Å². The molecule has 0 saturated carbocycles. The predicted octanol–water partition coefficient (Wildman–Crippen LogP) is 0.553. The Balaban J connectivity index is 2.08. The first-order valence-electron chi connectivity index (χ1n) is 5.14. The van der Waals surface area contributed by atoms with Crippen LogP contribution in [0.4, 0.5) is 5.69 Å². The summed E-state index contributed by atoms with van der Waals surface area (Å²) in [6, 6.07) is 6.12. The number of thioether (sulfide) groups is 1. The molecule has 0 atom stereocenters. The van der Waals surface area contributed by atoms with Crippen molar-refractivity contribution in [2.45, 2.75) is 10.9 Å². The summed E-state index contributed by atoms with van der Waals surface area (Å²) >= 11 is 1.22. The lowest BCUT2D eigenvalue weighted by molar-refractivity contribution is -0.384. The van der Waals surface area contributed by atoms with Crippen molar-refractivity contribution in [1.82, 2.24) is 14.9 Å². The normalized spacial score (nSPS) is 10.3. The lowest BCUT2D eigenvalue weighted by Gasteiger charge is -2.04. The highest BCUT2D eigenvalue weighted by Gasteiger charge is 2.07. The first kappa shape index (κ1) is 13.0. The molecule has 0 fully saturated rings. The van der Waals surface area contributed by atoms with E-state index >= 15 is 0 Å². The number of nitro benzene ring substituents is 1. The molecule has 1 aromatic heterocycles. The van der Waals surface area contributed by atoms with Gasteiger partial charge >= 0.3 is 0 Å². The molecule has 0 unspecified atom stereocenters. The van der Waals surface area contributed by atoms with Crippen molar-refractivity contribution in [2.24, 2.45) is 0 Å². The van der Waals surface area contributed by atoms with Gasteiger partial charge in [0.15, 0.2) is 0 Å².